The normalized spacial score (nSPS) is 15.8. The van der Waals surface area contributed by atoms with Gasteiger partial charge in [0.05, 0.1) is 0 Å². The van der Waals surface area contributed by atoms with Gasteiger partial charge >= 0.3 is 0 Å². The van der Waals surface area contributed by atoms with Gasteiger partial charge in [0.1, 0.15) is 5.41 Å². The third kappa shape index (κ3) is 5.93. The van der Waals surface area contributed by atoms with Gasteiger partial charge < -0.3 is 9.80 Å². The van der Waals surface area contributed by atoms with Crippen LogP contribution in [0.1, 0.15) is 39.2 Å². The number of unbranched alkanes of at least 4 members (excludes halogenated alkanes) is 1. The third-order valence-electron chi connectivity index (χ3n) is 5.40. The maximum atomic E-state index is 13.0. The summed E-state index contributed by atoms with van der Waals surface area (Å²) in [6, 6.07) is 10.3. The molecule has 0 saturated carbocycles. The lowest BCUT2D eigenvalue weighted by Crippen LogP contribution is -2.55. The Morgan fingerprint density at radius 3 is 2.36 bits per heavy atom. The molecule has 1 saturated heterocycles. The van der Waals surface area contributed by atoms with Crippen LogP contribution in [0.5, 0.6) is 0 Å². The smallest absolute Gasteiger partial charge is 0.237 e. The van der Waals surface area contributed by atoms with Crippen LogP contribution in [0.2, 0.25) is 0 Å². The van der Waals surface area contributed by atoms with Crippen LogP contribution in [0.4, 0.5) is 0 Å². The quantitative estimate of drug-likeness (QED) is 0.646. The summed E-state index contributed by atoms with van der Waals surface area (Å²) in [6.45, 7) is 10.2. The van der Waals surface area contributed by atoms with Gasteiger partial charge in [-0.05, 0) is 25.8 Å². The molecule has 0 radical (unpaired) electrons. The zero-order valence-corrected chi connectivity index (χ0v) is 17.9. The molecular formula is C23H35N3O2. The Balaban J connectivity index is 1.83. The van der Waals surface area contributed by atoms with Crippen molar-refractivity contribution in [3.8, 4) is 0 Å². The molecule has 2 amide bonds. The van der Waals surface area contributed by atoms with Crippen molar-refractivity contribution in [1.82, 2.24) is 14.7 Å². The van der Waals surface area contributed by atoms with Crippen molar-refractivity contribution in [2.75, 3.05) is 46.3 Å². The molecule has 2 rings (SSSR count). The molecule has 0 bridgehead atoms. The number of hydrogen-bond donors (Lipinski definition) is 0. The van der Waals surface area contributed by atoms with E-state index in [0.717, 1.165) is 32.5 Å². The summed E-state index contributed by atoms with van der Waals surface area (Å²) < 4.78 is 0. The van der Waals surface area contributed by atoms with Crippen molar-refractivity contribution in [3.63, 3.8) is 0 Å². The van der Waals surface area contributed by atoms with E-state index in [9.17, 15) is 9.59 Å². The van der Waals surface area contributed by atoms with E-state index in [1.165, 1.54) is 5.56 Å². The van der Waals surface area contributed by atoms with Gasteiger partial charge in [0, 0.05) is 46.3 Å². The Hall–Kier alpha value is -2.14. The Morgan fingerprint density at radius 2 is 1.75 bits per heavy atom. The van der Waals surface area contributed by atoms with Crippen LogP contribution in [0, 0.1) is 5.41 Å². The minimum atomic E-state index is -1.00. The molecule has 1 aromatic rings. The van der Waals surface area contributed by atoms with E-state index in [-0.39, 0.29) is 11.8 Å². The maximum Gasteiger partial charge on any atom is 0.237 e. The van der Waals surface area contributed by atoms with E-state index in [1.54, 1.807) is 25.8 Å². The van der Waals surface area contributed by atoms with Gasteiger partial charge in [-0.25, -0.2) is 0 Å². The Kier molecular flexibility index (Phi) is 8.24. The average molecular weight is 386 g/mol. The predicted octanol–water partition coefficient (Wildman–Crippen LogP) is 3.13. The maximum absolute atomic E-state index is 13.0. The standard InChI is InChI=1S/C23H35N3O2/c1-5-6-14-24(4)21(27)23(2,3)22(28)26-18-16-25(17-19-26)15-10-13-20-11-8-7-9-12-20/h7-13H,5-6,14-19H2,1-4H3/b13-10+. The third-order valence-corrected chi connectivity index (χ3v) is 5.40. The van der Waals surface area contributed by atoms with Crippen LogP contribution in [0.15, 0.2) is 36.4 Å². The van der Waals surface area contributed by atoms with Gasteiger partial charge in [0.2, 0.25) is 11.8 Å². The van der Waals surface area contributed by atoms with Crippen LogP contribution in [0.3, 0.4) is 0 Å². The molecule has 5 nitrogen and oxygen atoms in total. The van der Waals surface area contributed by atoms with Crippen molar-refractivity contribution in [2.45, 2.75) is 33.6 Å². The summed E-state index contributed by atoms with van der Waals surface area (Å²) in [7, 11) is 1.80. The summed E-state index contributed by atoms with van der Waals surface area (Å²) in [5, 5.41) is 0. The van der Waals surface area contributed by atoms with E-state index >= 15 is 0 Å². The van der Waals surface area contributed by atoms with E-state index in [1.807, 2.05) is 23.1 Å². The summed E-state index contributed by atoms with van der Waals surface area (Å²) >= 11 is 0. The number of nitrogens with zero attached hydrogens (tertiary/aromatic N) is 3. The lowest BCUT2D eigenvalue weighted by Gasteiger charge is -2.38. The monoisotopic (exact) mass is 385 g/mol. The second-order valence-corrected chi connectivity index (χ2v) is 8.11. The predicted molar refractivity (Wildman–Crippen MR) is 115 cm³/mol. The van der Waals surface area contributed by atoms with Gasteiger partial charge in [-0.15, -0.1) is 0 Å². The van der Waals surface area contributed by atoms with E-state index in [2.05, 4.69) is 36.1 Å². The van der Waals surface area contributed by atoms with Gasteiger partial charge in [-0.1, -0.05) is 55.8 Å². The topological polar surface area (TPSA) is 43.9 Å². The van der Waals surface area contributed by atoms with E-state index < -0.39 is 5.41 Å². The van der Waals surface area contributed by atoms with Crippen molar-refractivity contribution < 1.29 is 9.59 Å². The highest BCUT2D eigenvalue weighted by molar-refractivity contribution is 6.04. The Labute approximate surface area is 170 Å². The highest BCUT2D eigenvalue weighted by Crippen LogP contribution is 2.23. The zero-order chi connectivity index (χ0) is 20.6. The minimum Gasteiger partial charge on any atom is -0.345 e. The fraction of sp³-hybridized carbons (Fsp3) is 0.565. The van der Waals surface area contributed by atoms with Crippen LogP contribution in [0.25, 0.3) is 6.08 Å². The van der Waals surface area contributed by atoms with Gasteiger partial charge in [0.25, 0.3) is 0 Å². The highest BCUT2D eigenvalue weighted by atomic mass is 16.2. The zero-order valence-electron chi connectivity index (χ0n) is 17.9. The molecule has 0 atom stereocenters. The van der Waals surface area contributed by atoms with Crippen LogP contribution in [-0.2, 0) is 9.59 Å². The summed E-state index contributed by atoms with van der Waals surface area (Å²) in [5.41, 5.74) is 0.196. The summed E-state index contributed by atoms with van der Waals surface area (Å²) in [4.78, 5) is 31.6. The van der Waals surface area contributed by atoms with Crippen molar-refractivity contribution in [1.29, 1.82) is 0 Å². The number of piperazine rings is 1. The SMILES string of the molecule is CCCCN(C)C(=O)C(C)(C)C(=O)N1CCN(C/C=C/c2ccccc2)CC1. The molecule has 0 aliphatic carbocycles. The molecule has 28 heavy (non-hydrogen) atoms. The molecule has 0 N–H and O–H groups in total. The first-order valence-corrected chi connectivity index (χ1v) is 10.3. The van der Waals surface area contributed by atoms with Gasteiger partial charge in [-0.2, -0.15) is 0 Å². The first-order chi connectivity index (χ1) is 13.4. The number of rotatable bonds is 8. The second-order valence-electron chi connectivity index (χ2n) is 8.11. The number of benzene rings is 1. The molecule has 1 aliphatic rings. The Morgan fingerprint density at radius 1 is 1.11 bits per heavy atom. The van der Waals surface area contributed by atoms with Crippen molar-refractivity contribution >= 4 is 17.9 Å². The molecule has 1 heterocycles. The lowest BCUT2D eigenvalue weighted by molar-refractivity contribution is -0.154. The summed E-state index contributed by atoms with van der Waals surface area (Å²) in [6.07, 6.45) is 6.29. The lowest BCUT2D eigenvalue weighted by atomic mass is 9.89. The Bertz CT molecular complexity index is 662. The van der Waals surface area contributed by atoms with Gasteiger partial charge in [-0.3, -0.25) is 14.5 Å². The average Bonchev–Trinajstić information content (AvgIpc) is 2.72. The number of hydrogen-bond acceptors (Lipinski definition) is 3. The van der Waals surface area contributed by atoms with Crippen molar-refractivity contribution in [2.24, 2.45) is 5.41 Å². The van der Waals surface area contributed by atoms with Crippen molar-refractivity contribution in [3.05, 3.63) is 42.0 Å². The second kappa shape index (κ2) is 10.4. The molecular weight excluding hydrogens is 350 g/mol. The molecule has 0 aromatic heterocycles. The fourth-order valence-corrected chi connectivity index (χ4v) is 3.50. The molecule has 154 valence electrons. The number of carbonyl (C=O) groups is 2. The minimum absolute atomic E-state index is 0.0553. The van der Waals surface area contributed by atoms with Crippen LogP contribution < -0.4 is 0 Å². The molecule has 1 aromatic carbocycles. The van der Waals surface area contributed by atoms with Crippen LogP contribution in [-0.4, -0.2) is 72.8 Å². The largest absolute Gasteiger partial charge is 0.345 e. The number of amides is 2. The first kappa shape index (κ1) is 22.2. The number of carbonyl (C=O) groups excluding carboxylic acids is 2. The molecule has 1 fully saturated rings. The summed E-state index contributed by atoms with van der Waals surface area (Å²) in [5.74, 6) is -0.139. The first-order valence-electron chi connectivity index (χ1n) is 10.3. The van der Waals surface area contributed by atoms with Crippen LogP contribution >= 0.6 is 0 Å². The van der Waals surface area contributed by atoms with Gasteiger partial charge in [0.15, 0.2) is 0 Å². The molecule has 5 heteroatoms. The molecule has 0 spiro atoms. The van der Waals surface area contributed by atoms with E-state index in [0.29, 0.717) is 19.6 Å². The highest BCUT2D eigenvalue weighted by Gasteiger charge is 2.41. The fourth-order valence-electron chi connectivity index (χ4n) is 3.50. The molecule has 0 unspecified atom stereocenters. The van der Waals surface area contributed by atoms with E-state index in [4.69, 9.17) is 0 Å². The molecule has 1 aliphatic heterocycles.